The Bertz CT molecular complexity index is 545. The highest BCUT2D eigenvalue weighted by atomic mass is 32.2. The van der Waals surface area contributed by atoms with Gasteiger partial charge in [-0.1, -0.05) is 10.6 Å². The Kier molecular flexibility index (Phi) is 1.57. The van der Waals surface area contributed by atoms with Crippen LogP contribution in [0.3, 0.4) is 0 Å². The molecule has 0 fully saturated rings. The van der Waals surface area contributed by atoms with Crippen molar-refractivity contribution in [2.75, 3.05) is 0 Å². The first-order chi connectivity index (χ1) is 6.09. The molecule has 1 aromatic carbocycles. The average Bonchev–Trinajstić information content (AvgIpc) is 2.48. The van der Waals surface area contributed by atoms with Crippen LogP contribution in [0.2, 0.25) is 0 Å². The molecule has 0 atom stereocenters. The van der Waals surface area contributed by atoms with Crippen molar-refractivity contribution in [1.29, 1.82) is 0 Å². The van der Waals surface area contributed by atoms with Gasteiger partial charge in [-0.05, 0) is 12.1 Å². The fraction of sp³-hybridized carbons (Fsp3) is 0. The van der Waals surface area contributed by atoms with Crippen LogP contribution in [0.15, 0.2) is 27.6 Å². The summed E-state index contributed by atoms with van der Waals surface area (Å²) in [6.45, 7) is 0. The first-order valence-corrected chi connectivity index (χ1v) is 4.67. The van der Waals surface area contributed by atoms with E-state index in [1.807, 2.05) is 0 Å². The Balaban J connectivity index is 2.91. The average molecular weight is 199 g/mol. The van der Waals surface area contributed by atoms with E-state index in [1.54, 1.807) is 0 Å². The van der Waals surface area contributed by atoms with Gasteiger partial charge in [0.15, 0.2) is 11.1 Å². The van der Waals surface area contributed by atoms with E-state index in [1.165, 1.54) is 12.1 Å². The number of fused-ring (bicyclic) bond motifs is 1. The highest BCUT2D eigenvalue weighted by molar-refractivity contribution is 7.85. The van der Waals surface area contributed by atoms with E-state index in [4.69, 9.17) is 0 Å². The van der Waals surface area contributed by atoms with Gasteiger partial charge in [-0.3, -0.25) is 0 Å². The van der Waals surface area contributed by atoms with E-state index >= 15 is 0 Å². The highest BCUT2D eigenvalue weighted by Gasteiger charge is 2.18. The third-order valence-electron chi connectivity index (χ3n) is 1.51. The molecule has 1 aromatic heterocycles. The highest BCUT2D eigenvalue weighted by Crippen LogP contribution is 2.19. The zero-order valence-electron chi connectivity index (χ0n) is 6.17. The molecular formula is C6H3N2O4S. The molecule has 0 aliphatic rings. The second kappa shape index (κ2) is 2.51. The SMILES string of the molecule is [O]S(=O)(=O)c1cccc2onnc12. The van der Waals surface area contributed by atoms with Gasteiger partial charge in [0.1, 0.15) is 4.90 Å². The van der Waals surface area contributed by atoms with Gasteiger partial charge in [-0.15, -0.1) is 5.10 Å². The lowest BCUT2D eigenvalue weighted by Crippen LogP contribution is -1.96. The van der Waals surface area contributed by atoms with Gasteiger partial charge in [0.2, 0.25) is 0 Å². The van der Waals surface area contributed by atoms with E-state index in [-0.39, 0.29) is 11.1 Å². The number of rotatable bonds is 1. The van der Waals surface area contributed by atoms with Gasteiger partial charge >= 0.3 is 10.1 Å². The summed E-state index contributed by atoms with van der Waals surface area (Å²) in [5, 5.41) is 6.54. The van der Waals surface area contributed by atoms with Crippen LogP contribution in [-0.2, 0) is 14.7 Å². The maximum absolute atomic E-state index is 10.7. The summed E-state index contributed by atoms with van der Waals surface area (Å²) < 4.78 is 36.6. The summed E-state index contributed by atoms with van der Waals surface area (Å²) in [5.41, 5.74) is 0.148. The zero-order valence-corrected chi connectivity index (χ0v) is 6.98. The largest absolute Gasteiger partial charge is 0.337 e. The Hall–Kier alpha value is -1.47. The van der Waals surface area contributed by atoms with Crippen molar-refractivity contribution in [2.24, 2.45) is 0 Å². The van der Waals surface area contributed by atoms with Gasteiger partial charge in [0.05, 0.1) is 0 Å². The molecular weight excluding hydrogens is 196 g/mol. The first kappa shape index (κ1) is 8.14. The normalized spacial score (nSPS) is 12.1. The Morgan fingerprint density at radius 3 is 2.77 bits per heavy atom. The van der Waals surface area contributed by atoms with Gasteiger partial charge in [-0.25, -0.2) is 0 Å². The van der Waals surface area contributed by atoms with E-state index < -0.39 is 15.0 Å². The molecule has 13 heavy (non-hydrogen) atoms. The topological polar surface area (TPSA) is 93.0 Å². The predicted octanol–water partition coefficient (Wildman–Crippen LogP) is 0.342. The van der Waals surface area contributed by atoms with E-state index in [2.05, 4.69) is 14.9 Å². The molecule has 7 heteroatoms. The van der Waals surface area contributed by atoms with Gasteiger partial charge < -0.3 is 4.52 Å². The smallest absolute Gasteiger partial charge is 0.326 e. The molecule has 67 valence electrons. The Labute approximate surface area is 72.9 Å². The molecule has 6 nitrogen and oxygen atoms in total. The first-order valence-electron chi connectivity index (χ1n) is 3.26. The van der Waals surface area contributed by atoms with Crippen LogP contribution in [-0.4, -0.2) is 18.8 Å². The van der Waals surface area contributed by atoms with Gasteiger partial charge in [-0.2, -0.15) is 8.42 Å². The zero-order chi connectivity index (χ0) is 9.47. The maximum atomic E-state index is 10.7. The molecule has 0 saturated carbocycles. The van der Waals surface area contributed by atoms with Crippen molar-refractivity contribution < 1.29 is 17.5 Å². The molecule has 0 N–H and O–H groups in total. The number of benzene rings is 1. The lowest BCUT2D eigenvalue weighted by Gasteiger charge is -1.92. The molecule has 1 heterocycles. The van der Waals surface area contributed by atoms with Crippen LogP contribution in [0.25, 0.3) is 11.1 Å². The van der Waals surface area contributed by atoms with Crippen LogP contribution >= 0.6 is 0 Å². The molecule has 2 aromatic rings. The molecule has 0 spiro atoms. The van der Waals surface area contributed by atoms with E-state index in [0.717, 1.165) is 6.07 Å². The summed E-state index contributed by atoms with van der Waals surface area (Å²) in [6.07, 6.45) is 0. The van der Waals surface area contributed by atoms with Crippen molar-refractivity contribution in [3.05, 3.63) is 18.2 Å². The lowest BCUT2D eigenvalue weighted by atomic mass is 10.3. The summed E-state index contributed by atoms with van der Waals surface area (Å²) in [7, 11) is -4.51. The summed E-state index contributed by atoms with van der Waals surface area (Å²) >= 11 is 0. The second-order valence-electron chi connectivity index (χ2n) is 2.33. The second-order valence-corrected chi connectivity index (χ2v) is 3.68. The fourth-order valence-corrected chi connectivity index (χ4v) is 1.60. The number of hydrogen-bond acceptors (Lipinski definition) is 5. The van der Waals surface area contributed by atoms with Crippen molar-refractivity contribution >= 4 is 21.2 Å². The fourth-order valence-electron chi connectivity index (χ4n) is 0.981. The third kappa shape index (κ3) is 1.27. The molecule has 0 saturated heterocycles. The Morgan fingerprint density at radius 2 is 2.08 bits per heavy atom. The molecule has 0 aliphatic heterocycles. The minimum absolute atomic E-state index is 0.0301. The van der Waals surface area contributed by atoms with Gasteiger partial charge in [0.25, 0.3) is 0 Å². The standard InChI is InChI=1S/C6H3N2O4S/c9-13(10,11)5-3-1-2-4-6(5)7-8-12-4/h1-3H. The van der Waals surface area contributed by atoms with Gasteiger partial charge in [0, 0.05) is 5.27 Å². The lowest BCUT2D eigenvalue weighted by molar-refractivity contribution is 0.415. The molecule has 0 bridgehead atoms. The van der Waals surface area contributed by atoms with Crippen LogP contribution in [0.5, 0.6) is 0 Å². The van der Waals surface area contributed by atoms with E-state index in [0.29, 0.717) is 0 Å². The summed E-state index contributed by atoms with van der Waals surface area (Å²) in [4.78, 5) is -0.411. The van der Waals surface area contributed by atoms with Crippen LogP contribution in [0.4, 0.5) is 0 Å². The van der Waals surface area contributed by atoms with Crippen LogP contribution in [0.1, 0.15) is 0 Å². The minimum Gasteiger partial charge on any atom is -0.337 e. The Morgan fingerprint density at radius 1 is 1.31 bits per heavy atom. The van der Waals surface area contributed by atoms with Crippen LogP contribution < -0.4 is 0 Å². The minimum atomic E-state index is -4.51. The van der Waals surface area contributed by atoms with Crippen molar-refractivity contribution in [2.45, 2.75) is 4.90 Å². The predicted molar refractivity (Wildman–Crippen MR) is 39.7 cm³/mol. The molecule has 0 aliphatic carbocycles. The van der Waals surface area contributed by atoms with Crippen LogP contribution in [0, 0.1) is 0 Å². The third-order valence-corrected chi connectivity index (χ3v) is 2.38. The molecule has 2 rings (SSSR count). The summed E-state index contributed by atoms with van der Waals surface area (Å²) in [5.74, 6) is 0. The quantitative estimate of drug-likeness (QED) is 0.660. The van der Waals surface area contributed by atoms with Crippen molar-refractivity contribution in [3.8, 4) is 0 Å². The summed E-state index contributed by atoms with van der Waals surface area (Å²) in [6, 6.07) is 4.03. The number of hydrogen-bond donors (Lipinski definition) is 0. The molecule has 0 unspecified atom stereocenters. The number of aromatic nitrogens is 2. The molecule has 1 radical (unpaired) electrons. The maximum Gasteiger partial charge on any atom is 0.326 e. The monoisotopic (exact) mass is 199 g/mol. The van der Waals surface area contributed by atoms with E-state index in [9.17, 15) is 13.0 Å². The van der Waals surface area contributed by atoms with Crippen molar-refractivity contribution in [3.63, 3.8) is 0 Å². The molecule has 0 amide bonds. The van der Waals surface area contributed by atoms with Crippen molar-refractivity contribution in [1.82, 2.24) is 10.4 Å². The number of nitrogens with zero attached hydrogens (tertiary/aromatic N) is 2.